The van der Waals surface area contributed by atoms with Crippen LogP contribution in [0.2, 0.25) is 5.28 Å². The first-order chi connectivity index (χ1) is 5.66. The van der Waals surface area contributed by atoms with Crippen LogP contribution < -0.4 is 5.73 Å². The maximum atomic E-state index is 5.56. The molecule has 0 aromatic carbocycles. The van der Waals surface area contributed by atoms with Crippen LogP contribution in [0.15, 0.2) is 0 Å². The van der Waals surface area contributed by atoms with Crippen LogP contribution in [0.3, 0.4) is 0 Å². The molecule has 0 unspecified atom stereocenters. The lowest BCUT2D eigenvalue weighted by atomic mass is 10.5. The lowest BCUT2D eigenvalue weighted by molar-refractivity contribution is 1.20. The van der Waals surface area contributed by atoms with E-state index in [1.807, 2.05) is 0 Å². The van der Waals surface area contributed by atoms with Crippen LogP contribution in [0.1, 0.15) is 0 Å². The fourth-order valence-electron chi connectivity index (χ4n) is 0.916. The number of aromatic nitrogens is 4. The zero-order valence-electron chi connectivity index (χ0n) is 5.76. The van der Waals surface area contributed by atoms with Gasteiger partial charge in [0.15, 0.2) is 16.2 Å². The van der Waals surface area contributed by atoms with Gasteiger partial charge in [-0.3, -0.25) is 0 Å². The van der Waals surface area contributed by atoms with Crippen molar-refractivity contribution in [1.29, 1.82) is 0 Å². The monoisotopic (exact) mass is 201 g/mol. The summed E-state index contributed by atoms with van der Waals surface area (Å²) in [5.41, 5.74) is 6.65. The zero-order valence-corrected chi connectivity index (χ0v) is 7.33. The molecule has 2 heterocycles. The first kappa shape index (κ1) is 7.51. The summed E-state index contributed by atoms with van der Waals surface area (Å²) in [6.45, 7) is 0. The SMILES string of the molecule is Nc1nc(Cl)nc2[nH]c(=S)[nH]c12. The first-order valence-corrected chi connectivity index (χ1v) is 3.86. The molecule has 0 bridgehead atoms. The van der Waals surface area contributed by atoms with Crippen molar-refractivity contribution in [3.05, 3.63) is 10.1 Å². The minimum absolute atomic E-state index is 0.102. The zero-order chi connectivity index (χ0) is 8.72. The summed E-state index contributed by atoms with van der Waals surface area (Å²) in [5, 5.41) is 0.102. The Morgan fingerprint density at radius 2 is 2.08 bits per heavy atom. The van der Waals surface area contributed by atoms with Crippen LogP contribution in [0.25, 0.3) is 11.2 Å². The van der Waals surface area contributed by atoms with E-state index in [1.54, 1.807) is 0 Å². The van der Waals surface area contributed by atoms with Crippen molar-refractivity contribution in [3.8, 4) is 0 Å². The molecule has 0 atom stereocenters. The van der Waals surface area contributed by atoms with Gasteiger partial charge in [-0.05, 0) is 23.8 Å². The van der Waals surface area contributed by atoms with Crippen molar-refractivity contribution in [1.82, 2.24) is 19.9 Å². The summed E-state index contributed by atoms with van der Waals surface area (Å²) >= 11 is 10.4. The van der Waals surface area contributed by atoms with E-state index in [0.717, 1.165) is 0 Å². The molecule has 0 radical (unpaired) electrons. The fraction of sp³-hybridized carbons (Fsp3) is 0. The van der Waals surface area contributed by atoms with Gasteiger partial charge in [-0.1, -0.05) is 0 Å². The van der Waals surface area contributed by atoms with Gasteiger partial charge in [0.2, 0.25) is 5.28 Å². The highest BCUT2D eigenvalue weighted by molar-refractivity contribution is 7.71. The topological polar surface area (TPSA) is 83.4 Å². The molecule has 0 fully saturated rings. The van der Waals surface area contributed by atoms with Gasteiger partial charge < -0.3 is 15.7 Å². The van der Waals surface area contributed by atoms with Crippen molar-refractivity contribution in [3.63, 3.8) is 0 Å². The summed E-state index contributed by atoms with van der Waals surface area (Å²) in [4.78, 5) is 13.2. The normalized spacial score (nSPS) is 10.8. The van der Waals surface area contributed by atoms with E-state index in [1.165, 1.54) is 0 Å². The van der Waals surface area contributed by atoms with Gasteiger partial charge >= 0.3 is 0 Å². The molecule has 4 N–H and O–H groups in total. The number of imidazole rings is 1. The first-order valence-electron chi connectivity index (χ1n) is 3.08. The molecular weight excluding hydrogens is 198 g/mol. The number of hydrogen-bond donors (Lipinski definition) is 3. The van der Waals surface area contributed by atoms with Gasteiger partial charge in [0.1, 0.15) is 5.52 Å². The molecule has 0 spiro atoms. The highest BCUT2D eigenvalue weighted by Gasteiger charge is 2.04. The fourth-order valence-corrected chi connectivity index (χ4v) is 1.29. The molecule has 7 heteroatoms. The van der Waals surface area contributed by atoms with Crippen molar-refractivity contribution < 1.29 is 0 Å². The van der Waals surface area contributed by atoms with E-state index in [0.29, 0.717) is 15.9 Å². The van der Waals surface area contributed by atoms with E-state index in [-0.39, 0.29) is 11.1 Å². The Morgan fingerprint density at radius 3 is 2.83 bits per heavy atom. The van der Waals surface area contributed by atoms with Crippen LogP contribution in [0.4, 0.5) is 5.82 Å². The van der Waals surface area contributed by atoms with Crippen molar-refractivity contribution in [2.75, 3.05) is 5.73 Å². The smallest absolute Gasteiger partial charge is 0.226 e. The van der Waals surface area contributed by atoms with E-state index >= 15 is 0 Å². The predicted molar refractivity (Wildman–Crippen MR) is 48.5 cm³/mol. The predicted octanol–water partition coefficient (Wildman–Crippen LogP) is 1.25. The number of rotatable bonds is 0. The number of nitrogens with one attached hydrogen (secondary N) is 2. The van der Waals surface area contributed by atoms with E-state index < -0.39 is 0 Å². The number of anilines is 1. The molecule has 0 saturated heterocycles. The van der Waals surface area contributed by atoms with Gasteiger partial charge in [-0.25, -0.2) is 0 Å². The Bertz CT molecular complexity index is 486. The third-order valence-electron chi connectivity index (χ3n) is 1.38. The van der Waals surface area contributed by atoms with Crippen molar-refractivity contribution >= 4 is 40.8 Å². The Balaban J connectivity index is 2.97. The van der Waals surface area contributed by atoms with Crippen LogP contribution >= 0.6 is 23.8 Å². The van der Waals surface area contributed by atoms with Gasteiger partial charge in [0.25, 0.3) is 0 Å². The minimum Gasteiger partial charge on any atom is -0.382 e. The van der Waals surface area contributed by atoms with Crippen LogP contribution in [-0.4, -0.2) is 19.9 Å². The van der Waals surface area contributed by atoms with E-state index in [9.17, 15) is 0 Å². The molecule has 0 amide bonds. The second kappa shape index (κ2) is 2.43. The molecule has 0 aliphatic heterocycles. The maximum absolute atomic E-state index is 5.56. The maximum Gasteiger partial charge on any atom is 0.226 e. The third kappa shape index (κ3) is 1.05. The van der Waals surface area contributed by atoms with Gasteiger partial charge in [0.05, 0.1) is 0 Å². The standard InChI is InChI=1S/C5H4ClN5S/c6-4-9-2(7)1-3(10-4)11-5(12)8-1/h(H4,7,8,9,10,11,12). The van der Waals surface area contributed by atoms with Crippen molar-refractivity contribution in [2.45, 2.75) is 0 Å². The number of fused-ring (bicyclic) bond motifs is 1. The van der Waals surface area contributed by atoms with Gasteiger partial charge in [0, 0.05) is 0 Å². The Labute approximate surface area is 77.0 Å². The summed E-state index contributed by atoms with van der Waals surface area (Å²) in [6.07, 6.45) is 0. The highest BCUT2D eigenvalue weighted by Crippen LogP contribution is 2.15. The number of nitrogens with two attached hydrogens (primary N) is 1. The van der Waals surface area contributed by atoms with E-state index in [2.05, 4.69) is 19.9 Å². The van der Waals surface area contributed by atoms with E-state index in [4.69, 9.17) is 29.6 Å². The van der Waals surface area contributed by atoms with Crippen LogP contribution in [-0.2, 0) is 0 Å². The molecule has 5 nitrogen and oxygen atoms in total. The molecule has 12 heavy (non-hydrogen) atoms. The third-order valence-corrected chi connectivity index (χ3v) is 1.75. The lowest BCUT2D eigenvalue weighted by Crippen LogP contribution is -1.93. The second-order valence-corrected chi connectivity index (χ2v) is 2.93. The molecule has 2 aromatic heterocycles. The summed E-state index contributed by atoms with van der Waals surface area (Å²) < 4.78 is 0.452. The lowest BCUT2D eigenvalue weighted by Gasteiger charge is -1.93. The molecule has 62 valence electrons. The van der Waals surface area contributed by atoms with Gasteiger partial charge in [-0.15, -0.1) is 0 Å². The molecular formula is C5H4ClN5S. The molecule has 0 saturated carbocycles. The number of nitrogen functional groups attached to an aromatic ring is 1. The Morgan fingerprint density at radius 1 is 1.33 bits per heavy atom. The van der Waals surface area contributed by atoms with Crippen molar-refractivity contribution in [2.24, 2.45) is 0 Å². The van der Waals surface area contributed by atoms with Crippen LogP contribution in [0.5, 0.6) is 0 Å². The minimum atomic E-state index is 0.102. The number of hydrogen-bond acceptors (Lipinski definition) is 4. The molecule has 0 aliphatic rings. The quantitative estimate of drug-likeness (QED) is 0.443. The molecule has 2 rings (SSSR count). The Kier molecular flexibility index (Phi) is 1.52. The van der Waals surface area contributed by atoms with Crippen LogP contribution in [0, 0.1) is 4.77 Å². The summed E-state index contributed by atoms with van der Waals surface area (Å²) in [5.74, 6) is 0.289. The number of halogens is 1. The summed E-state index contributed by atoms with van der Waals surface area (Å²) in [6, 6.07) is 0. The molecule has 2 aromatic rings. The molecule has 0 aliphatic carbocycles. The van der Waals surface area contributed by atoms with Gasteiger partial charge in [-0.2, -0.15) is 9.97 Å². The highest BCUT2D eigenvalue weighted by atomic mass is 35.5. The number of H-pyrrole nitrogens is 2. The summed E-state index contributed by atoms with van der Waals surface area (Å²) in [7, 11) is 0. The average molecular weight is 202 g/mol. The Hall–Kier alpha value is -1.14. The number of aromatic amines is 2. The number of nitrogens with zero attached hydrogens (tertiary/aromatic N) is 2. The largest absolute Gasteiger partial charge is 0.382 e. The second-order valence-electron chi connectivity index (χ2n) is 2.18. The average Bonchev–Trinajstić information content (AvgIpc) is 2.29.